The van der Waals surface area contributed by atoms with Crippen LogP contribution >= 0.6 is 11.6 Å². The van der Waals surface area contributed by atoms with Gasteiger partial charge in [0, 0.05) is 5.56 Å². The number of benzene rings is 2. The van der Waals surface area contributed by atoms with Crippen LogP contribution in [0.4, 0.5) is 0 Å². The van der Waals surface area contributed by atoms with Crippen molar-refractivity contribution in [2.45, 2.75) is 13.5 Å². The van der Waals surface area contributed by atoms with E-state index < -0.39 is 0 Å². The predicted octanol–water partition coefficient (Wildman–Crippen LogP) is 3.88. The van der Waals surface area contributed by atoms with E-state index in [0.717, 1.165) is 16.9 Å². The van der Waals surface area contributed by atoms with Crippen molar-refractivity contribution in [2.24, 2.45) is 5.10 Å². The maximum Gasteiger partial charge on any atom is 0.179 e. The van der Waals surface area contributed by atoms with E-state index in [2.05, 4.69) is 10.5 Å². The highest BCUT2D eigenvalue weighted by Gasteiger charge is 2.10. The maximum absolute atomic E-state index is 6.22. The van der Waals surface area contributed by atoms with Crippen molar-refractivity contribution in [1.82, 2.24) is 5.43 Å². The van der Waals surface area contributed by atoms with Crippen molar-refractivity contribution < 1.29 is 14.2 Å². The molecule has 0 radical (unpaired) electrons. The highest BCUT2D eigenvalue weighted by molar-refractivity contribution is 6.32. The Morgan fingerprint density at radius 3 is 2.62 bits per heavy atom. The summed E-state index contributed by atoms with van der Waals surface area (Å²) in [4.78, 5) is 0. The average Bonchev–Trinajstić information content (AvgIpc) is 2.59. The minimum Gasteiger partial charge on any atom is -0.496 e. The highest BCUT2D eigenvalue weighted by atomic mass is 35.5. The highest BCUT2D eigenvalue weighted by Crippen LogP contribution is 2.35. The summed E-state index contributed by atoms with van der Waals surface area (Å²) >= 11 is 6.22. The van der Waals surface area contributed by atoms with Crippen LogP contribution in [0.25, 0.3) is 0 Å². The van der Waals surface area contributed by atoms with Crippen molar-refractivity contribution in [3.63, 3.8) is 0 Å². The van der Waals surface area contributed by atoms with Gasteiger partial charge in [0.25, 0.3) is 0 Å². The fourth-order valence-corrected chi connectivity index (χ4v) is 2.52. The van der Waals surface area contributed by atoms with Crippen LogP contribution in [-0.2, 0) is 6.54 Å². The van der Waals surface area contributed by atoms with E-state index in [-0.39, 0.29) is 0 Å². The van der Waals surface area contributed by atoms with Crippen LogP contribution in [0.5, 0.6) is 17.2 Å². The molecule has 1 N–H and O–H groups in total. The fraction of sp³-hybridized carbons (Fsp3) is 0.278. The number of ether oxygens (including phenoxy) is 3. The van der Waals surface area contributed by atoms with Crippen LogP contribution in [0.1, 0.15) is 18.1 Å². The smallest absolute Gasteiger partial charge is 0.179 e. The zero-order valence-corrected chi connectivity index (χ0v) is 14.8. The first-order chi connectivity index (χ1) is 11.7. The summed E-state index contributed by atoms with van der Waals surface area (Å²) in [5.74, 6) is 1.95. The van der Waals surface area contributed by atoms with Gasteiger partial charge in [0.05, 0.1) is 38.6 Å². The normalized spacial score (nSPS) is 10.7. The van der Waals surface area contributed by atoms with Gasteiger partial charge in [-0.05, 0) is 30.7 Å². The van der Waals surface area contributed by atoms with Gasteiger partial charge in [-0.3, -0.25) is 0 Å². The van der Waals surface area contributed by atoms with E-state index in [1.807, 2.05) is 37.3 Å². The standard InChI is InChI=1S/C18H21ClN2O3/c1-4-24-17-10-13(9-15(19)18(17)23-3)11-20-21-12-14-7-5-6-8-16(14)22-2/h5-11,21H,4,12H2,1-3H3/b20-11+. The van der Waals surface area contributed by atoms with Gasteiger partial charge in [0.1, 0.15) is 5.75 Å². The van der Waals surface area contributed by atoms with Gasteiger partial charge in [-0.25, -0.2) is 0 Å². The number of rotatable bonds is 8. The molecule has 0 fully saturated rings. The first kappa shape index (κ1) is 17.9. The third-order valence-electron chi connectivity index (χ3n) is 3.30. The molecule has 0 heterocycles. The molecule has 0 aliphatic rings. The minimum absolute atomic E-state index is 0.481. The summed E-state index contributed by atoms with van der Waals surface area (Å²) in [6, 6.07) is 11.4. The molecule has 128 valence electrons. The Hall–Kier alpha value is -2.40. The van der Waals surface area contributed by atoms with Gasteiger partial charge in [-0.1, -0.05) is 29.8 Å². The summed E-state index contributed by atoms with van der Waals surface area (Å²) in [7, 11) is 3.21. The Bertz CT molecular complexity index is 705. The van der Waals surface area contributed by atoms with Gasteiger partial charge in [0.15, 0.2) is 11.5 Å². The van der Waals surface area contributed by atoms with Gasteiger partial charge in [-0.15, -0.1) is 0 Å². The van der Waals surface area contributed by atoms with Crippen molar-refractivity contribution >= 4 is 17.8 Å². The molecule has 2 aromatic rings. The molecule has 6 heteroatoms. The lowest BCUT2D eigenvalue weighted by atomic mass is 10.2. The molecule has 0 bridgehead atoms. The van der Waals surface area contributed by atoms with Crippen molar-refractivity contribution in [2.75, 3.05) is 20.8 Å². The van der Waals surface area contributed by atoms with Crippen LogP contribution < -0.4 is 19.6 Å². The maximum atomic E-state index is 6.22. The van der Waals surface area contributed by atoms with E-state index >= 15 is 0 Å². The second-order valence-corrected chi connectivity index (χ2v) is 5.28. The molecule has 0 saturated heterocycles. The van der Waals surface area contributed by atoms with Gasteiger partial charge < -0.3 is 19.6 Å². The van der Waals surface area contributed by atoms with E-state index in [0.29, 0.717) is 29.7 Å². The largest absolute Gasteiger partial charge is 0.496 e. The Kier molecular flexibility index (Phi) is 6.75. The molecule has 0 spiro atoms. The molecule has 0 aliphatic carbocycles. The van der Waals surface area contributed by atoms with Crippen LogP contribution in [-0.4, -0.2) is 27.0 Å². The third-order valence-corrected chi connectivity index (χ3v) is 3.58. The lowest BCUT2D eigenvalue weighted by Gasteiger charge is -2.11. The van der Waals surface area contributed by atoms with Crippen molar-refractivity contribution in [1.29, 1.82) is 0 Å². The summed E-state index contributed by atoms with van der Waals surface area (Å²) in [6.45, 7) is 2.99. The lowest BCUT2D eigenvalue weighted by molar-refractivity contribution is 0.311. The second-order valence-electron chi connectivity index (χ2n) is 4.87. The SMILES string of the molecule is CCOc1cc(/C=N/NCc2ccccc2OC)cc(Cl)c1OC. The molecule has 2 aromatic carbocycles. The number of hydrazone groups is 1. The molecule has 2 rings (SSSR count). The number of nitrogens with one attached hydrogen (secondary N) is 1. The van der Waals surface area contributed by atoms with Crippen LogP contribution in [0.2, 0.25) is 5.02 Å². The van der Waals surface area contributed by atoms with Gasteiger partial charge >= 0.3 is 0 Å². The number of nitrogens with zero attached hydrogens (tertiary/aromatic N) is 1. The summed E-state index contributed by atoms with van der Waals surface area (Å²) < 4.78 is 16.1. The third kappa shape index (κ3) is 4.55. The number of halogens is 1. The molecule has 0 saturated carbocycles. The molecular weight excluding hydrogens is 328 g/mol. The molecule has 0 aromatic heterocycles. The van der Waals surface area contributed by atoms with Gasteiger partial charge in [0.2, 0.25) is 0 Å². The molecule has 24 heavy (non-hydrogen) atoms. The Balaban J connectivity index is 2.06. The Labute approximate surface area is 147 Å². The lowest BCUT2D eigenvalue weighted by Crippen LogP contribution is -2.07. The van der Waals surface area contributed by atoms with E-state index in [1.165, 1.54) is 0 Å². The van der Waals surface area contributed by atoms with Crippen LogP contribution in [0.15, 0.2) is 41.5 Å². The summed E-state index contributed by atoms with van der Waals surface area (Å²) in [5, 5.41) is 4.71. The van der Waals surface area contributed by atoms with Crippen LogP contribution in [0.3, 0.4) is 0 Å². The average molecular weight is 349 g/mol. The zero-order chi connectivity index (χ0) is 17.4. The van der Waals surface area contributed by atoms with E-state index in [1.54, 1.807) is 26.5 Å². The monoisotopic (exact) mass is 348 g/mol. The van der Waals surface area contributed by atoms with Crippen molar-refractivity contribution in [3.05, 3.63) is 52.5 Å². The first-order valence-corrected chi connectivity index (χ1v) is 7.95. The molecule has 0 aliphatic heterocycles. The van der Waals surface area contributed by atoms with E-state index in [4.69, 9.17) is 25.8 Å². The number of para-hydroxylation sites is 1. The topological polar surface area (TPSA) is 52.1 Å². The molecule has 5 nitrogen and oxygen atoms in total. The Morgan fingerprint density at radius 1 is 1.12 bits per heavy atom. The van der Waals surface area contributed by atoms with Gasteiger partial charge in [-0.2, -0.15) is 5.10 Å². The Morgan fingerprint density at radius 2 is 1.92 bits per heavy atom. The number of hydrogen-bond acceptors (Lipinski definition) is 5. The molecule has 0 amide bonds. The van der Waals surface area contributed by atoms with Crippen molar-refractivity contribution in [3.8, 4) is 17.2 Å². The van der Waals surface area contributed by atoms with Crippen LogP contribution in [0, 0.1) is 0 Å². The second kappa shape index (κ2) is 9.03. The number of methoxy groups -OCH3 is 2. The summed E-state index contributed by atoms with van der Waals surface area (Å²) in [5.41, 5.74) is 4.84. The predicted molar refractivity (Wildman–Crippen MR) is 96.6 cm³/mol. The van der Waals surface area contributed by atoms with E-state index in [9.17, 15) is 0 Å². The molecule has 0 unspecified atom stereocenters. The zero-order valence-electron chi connectivity index (χ0n) is 14.0. The molecular formula is C18H21ClN2O3. The first-order valence-electron chi connectivity index (χ1n) is 7.57. The molecule has 0 atom stereocenters. The number of hydrogen-bond donors (Lipinski definition) is 1. The summed E-state index contributed by atoms with van der Waals surface area (Å²) in [6.07, 6.45) is 1.68. The minimum atomic E-state index is 0.481. The fourth-order valence-electron chi connectivity index (χ4n) is 2.22. The quantitative estimate of drug-likeness (QED) is 0.581.